The van der Waals surface area contributed by atoms with E-state index in [9.17, 15) is 25.2 Å². The summed E-state index contributed by atoms with van der Waals surface area (Å²) in [6, 6.07) is 0. The molecular formula is C15H31NO6. The van der Waals surface area contributed by atoms with E-state index in [1.807, 2.05) is 0 Å². The van der Waals surface area contributed by atoms with Gasteiger partial charge in [-0.15, -0.1) is 0 Å². The summed E-state index contributed by atoms with van der Waals surface area (Å²) >= 11 is 0. The first-order chi connectivity index (χ1) is 10.4. The normalized spacial score (nSPS) is 16.9. The van der Waals surface area contributed by atoms with Gasteiger partial charge in [0.1, 0.15) is 24.4 Å². The number of unbranched alkanes of at least 4 members (excludes halogenated alkanes) is 3. The van der Waals surface area contributed by atoms with Gasteiger partial charge < -0.3 is 30.4 Å². The summed E-state index contributed by atoms with van der Waals surface area (Å²) in [5.41, 5.74) is 0. The monoisotopic (exact) mass is 321 g/mol. The Labute approximate surface area is 132 Å². The number of carbonyl (C=O) groups is 1. The fraction of sp³-hybridized carbons (Fsp3) is 0.933. The van der Waals surface area contributed by atoms with Crippen LogP contribution in [0.4, 0.5) is 0 Å². The maximum atomic E-state index is 12.0. The highest BCUT2D eigenvalue weighted by atomic mass is 16.4. The van der Waals surface area contributed by atoms with E-state index in [0.717, 1.165) is 25.7 Å². The van der Waals surface area contributed by atoms with E-state index in [0.29, 0.717) is 13.0 Å². The Morgan fingerprint density at radius 3 is 2.05 bits per heavy atom. The number of nitrogens with zero attached hydrogens (tertiary/aromatic N) is 1. The zero-order chi connectivity index (χ0) is 17.1. The van der Waals surface area contributed by atoms with Crippen molar-refractivity contribution in [1.82, 2.24) is 4.90 Å². The highest BCUT2D eigenvalue weighted by Gasteiger charge is 2.31. The summed E-state index contributed by atoms with van der Waals surface area (Å²) in [7, 11) is 0. The maximum Gasteiger partial charge on any atom is 0.222 e. The zero-order valence-electron chi connectivity index (χ0n) is 13.6. The maximum absolute atomic E-state index is 12.0. The first-order valence-corrected chi connectivity index (χ1v) is 7.99. The summed E-state index contributed by atoms with van der Waals surface area (Å²) in [6.07, 6.45) is -1.92. The molecule has 0 aromatic rings. The van der Waals surface area contributed by atoms with Crippen LogP contribution in [0.2, 0.25) is 0 Å². The van der Waals surface area contributed by atoms with E-state index >= 15 is 0 Å². The second-order valence-corrected chi connectivity index (χ2v) is 5.54. The van der Waals surface area contributed by atoms with Crippen LogP contribution in [0.15, 0.2) is 0 Å². The summed E-state index contributed by atoms with van der Waals surface area (Å²) in [5, 5.41) is 47.2. The van der Waals surface area contributed by atoms with Gasteiger partial charge in [0.2, 0.25) is 5.91 Å². The summed E-state index contributed by atoms with van der Waals surface area (Å²) in [4.78, 5) is 13.5. The average molecular weight is 321 g/mol. The Balaban J connectivity index is 4.37. The molecule has 0 radical (unpaired) electrons. The van der Waals surface area contributed by atoms with Crippen molar-refractivity contribution in [2.24, 2.45) is 0 Å². The lowest BCUT2D eigenvalue weighted by atomic mass is 10.0. The summed E-state index contributed by atoms with van der Waals surface area (Å²) < 4.78 is 0. The number of hydrogen-bond acceptors (Lipinski definition) is 6. The Bertz CT molecular complexity index is 302. The number of aliphatic hydroxyl groups excluding tert-OH is 5. The molecule has 0 aliphatic rings. The van der Waals surface area contributed by atoms with Gasteiger partial charge in [0.25, 0.3) is 0 Å². The Morgan fingerprint density at radius 1 is 0.955 bits per heavy atom. The van der Waals surface area contributed by atoms with Crippen LogP contribution in [0.1, 0.15) is 46.0 Å². The topological polar surface area (TPSA) is 121 Å². The van der Waals surface area contributed by atoms with Gasteiger partial charge in [-0.1, -0.05) is 26.2 Å². The Hall–Kier alpha value is -0.730. The lowest BCUT2D eigenvalue weighted by Crippen LogP contribution is -2.50. The van der Waals surface area contributed by atoms with Gasteiger partial charge in [-0.25, -0.2) is 0 Å². The van der Waals surface area contributed by atoms with E-state index in [4.69, 9.17) is 5.11 Å². The first kappa shape index (κ1) is 21.3. The molecule has 0 spiro atoms. The molecule has 0 aromatic heterocycles. The van der Waals surface area contributed by atoms with Crippen LogP contribution in [0.3, 0.4) is 0 Å². The van der Waals surface area contributed by atoms with Gasteiger partial charge in [0, 0.05) is 19.5 Å². The van der Waals surface area contributed by atoms with Crippen molar-refractivity contribution >= 4 is 5.91 Å². The van der Waals surface area contributed by atoms with Gasteiger partial charge in [0.15, 0.2) is 0 Å². The number of hydrogen-bond donors (Lipinski definition) is 5. The molecule has 7 nitrogen and oxygen atoms in total. The number of aliphatic hydroxyl groups is 5. The van der Waals surface area contributed by atoms with E-state index in [2.05, 4.69) is 6.92 Å². The van der Waals surface area contributed by atoms with Crippen LogP contribution in [0.5, 0.6) is 0 Å². The number of likely N-dealkylation sites (N-methyl/N-ethyl adjacent to an activating group) is 1. The minimum absolute atomic E-state index is 0.109. The Morgan fingerprint density at radius 2 is 1.55 bits per heavy atom. The molecule has 0 heterocycles. The number of rotatable bonds is 12. The van der Waals surface area contributed by atoms with Crippen molar-refractivity contribution in [3.63, 3.8) is 0 Å². The first-order valence-electron chi connectivity index (χ1n) is 7.99. The third kappa shape index (κ3) is 7.51. The second kappa shape index (κ2) is 11.8. The van der Waals surface area contributed by atoms with Crippen LogP contribution < -0.4 is 0 Å². The van der Waals surface area contributed by atoms with E-state index in [-0.39, 0.29) is 12.5 Å². The summed E-state index contributed by atoms with van der Waals surface area (Å²) in [6.45, 7) is 3.39. The molecule has 0 saturated carbocycles. The lowest BCUT2D eigenvalue weighted by Gasteiger charge is -2.30. The quantitative estimate of drug-likeness (QED) is 0.301. The van der Waals surface area contributed by atoms with Gasteiger partial charge in [-0.3, -0.25) is 4.79 Å². The molecule has 0 aromatic carbocycles. The number of amides is 1. The minimum Gasteiger partial charge on any atom is -0.394 e. The molecule has 0 bridgehead atoms. The van der Waals surface area contributed by atoms with E-state index in [1.54, 1.807) is 6.92 Å². The van der Waals surface area contributed by atoms with Crippen LogP contribution in [0, 0.1) is 0 Å². The largest absolute Gasteiger partial charge is 0.394 e. The predicted octanol–water partition coefficient (Wildman–Crippen LogP) is -0.759. The van der Waals surface area contributed by atoms with Gasteiger partial charge >= 0.3 is 0 Å². The molecule has 22 heavy (non-hydrogen) atoms. The highest BCUT2D eigenvalue weighted by Crippen LogP contribution is 2.10. The van der Waals surface area contributed by atoms with Gasteiger partial charge in [-0.2, -0.15) is 0 Å². The van der Waals surface area contributed by atoms with Gasteiger partial charge in [-0.05, 0) is 13.3 Å². The molecule has 132 valence electrons. The van der Waals surface area contributed by atoms with E-state index < -0.39 is 31.0 Å². The number of carbonyl (C=O) groups excluding carboxylic acids is 1. The minimum atomic E-state index is -1.67. The van der Waals surface area contributed by atoms with Crippen molar-refractivity contribution in [1.29, 1.82) is 0 Å². The molecule has 7 heteroatoms. The standard InChI is InChI=1S/C15H31NO6/c1-3-5-6-7-8-13(20)16(4-2)9-11(18)14(21)15(22)12(19)10-17/h11-12,14-15,17-19,21-22H,3-10H2,1-2H3/t11-,12+,14+,15+/m0/s1. The SMILES string of the molecule is CCCCCCC(=O)N(CC)C[C@H](O)[C@@H](O)[C@H](O)[C@H](O)CO. The third-order valence-corrected chi connectivity index (χ3v) is 3.71. The third-order valence-electron chi connectivity index (χ3n) is 3.71. The molecule has 5 N–H and O–H groups in total. The van der Waals surface area contributed by atoms with Crippen LogP contribution in [0.25, 0.3) is 0 Å². The van der Waals surface area contributed by atoms with Crippen molar-refractivity contribution in [2.75, 3.05) is 19.7 Å². The molecule has 1 amide bonds. The predicted molar refractivity (Wildman–Crippen MR) is 82.1 cm³/mol. The second-order valence-electron chi connectivity index (χ2n) is 5.54. The van der Waals surface area contributed by atoms with Crippen LogP contribution in [-0.2, 0) is 4.79 Å². The van der Waals surface area contributed by atoms with Crippen molar-refractivity contribution in [3.8, 4) is 0 Å². The molecule has 4 atom stereocenters. The molecule has 0 aliphatic heterocycles. The molecule has 0 unspecified atom stereocenters. The van der Waals surface area contributed by atoms with E-state index in [1.165, 1.54) is 4.90 Å². The molecule has 0 saturated heterocycles. The van der Waals surface area contributed by atoms with Gasteiger partial charge in [0.05, 0.1) is 6.61 Å². The van der Waals surface area contributed by atoms with Crippen molar-refractivity contribution in [2.45, 2.75) is 70.4 Å². The van der Waals surface area contributed by atoms with Crippen LogP contribution in [-0.4, -0.2) is 80.5 Å². The molecule has 0 fully saturated rings. The Kier molecular flexibility index (Phi) is 11.4. The van der Waals surface area contributed by atoms with Crippen molar-refractivity contribution in [3.05, 3.63) is 0 Å². The fourth-order valence-electron chi connectivity index (χ4n) is 2.17. The lowest BCUT2D eigenvalue weighted by molar-refractivity contribution is -0.139. The zero-order valence-corrected chi connectivity index (χ0v) is 13.6. The van der Waals surface area contributed by atoms with Crippen molar-refractivity contribution < 1.29 is 30.3 Å². The molecular weight excluding hydrogens is 290 g/mol. The average Bonchev–Trinajstić information content (AvgIpc) is 2.53. The smallest absolute Gasteiger partial charge is 0.222 e. The fourth-order valence-corrected chi connectivity index (χ4v) is 2.17. The molecule has 0 aliphatic carbocycles. The summed E-state index contributed by atoms with van der Waals surface area (Å²) in [5.74, 6) is -0.109. The highest BCUT2D eigenvalue weighted by molar-refractivity contribution is 5.76. The molecule has 0 rings (SSSR count). The van der Waals surface area contributed by atoms with Crippen LogP contribution >= 0.6 is 0 Å².